The first-order valence-corrected chi connectivity index (χ1v) is 8.89. The molecule has 0 saturated heterocycles. The van der Waals surface area contributed by atoms with Crippen molar-refractivity contribution in [3.8, 4) is 11.5 Å². The first kappa shape index (κ1) is 21.8. The summed E-state index contributed by atoms with van der Waals surface area (Å²) in [7, 11) is 3.02. The molecule has 1 aromatic heterocycles. The van der Waals surface area contributed by atoms with E-state index in [0.717, 1.165) is 20.7 Å². The second-order valence-corrected chi connectivity index (χ2v) is 6.63. The second kappa shape index (κ2) is 9.13. The van der Waals surface area contributed by atoms with Crippen LogP contribution in [0.2, 0.25) is 0 Å². The van der Waals surface area contributed by atoms with E-state index in [4.69, 9.17) is 9.47 Å². The van der Waals surface area contributed by atoms with Crippen LogP contribution >= 0.6 is 15.9 Å². The number of halogens is 4. The van der Waals surface area contributed by atoms with Gasteiger partial charge in [0, 0.05) is 23.3 Å². The summed E-state index contributed by atoms with van der Waals surface area (Å²) in [5.41, 5.74) is -0.839. The Labute approximate surface area is 167 Å². The lowest BCUT2D eigenvalue weighted by atomic mass is 10.1. The van der Waals surface area contributed by atoms with Crippen molar-refractivity contribution in [3.63, 3.8) is 0 Å². The van der Waals surface area contributed by atoms with E-state index < -0.39 is 29.8 Å². The minimum atomic E-state index is -4.59. The number of rotatable bonds is 7. The van der Waals surface area contributed by atoms with Crippen LogP contribution in [-0.4, -0.2) is 31.2 Å². The van der Waals surface area contributed by atoms with Crippen LogP contribution in [0, 0.1) is 0 Å². The summed E-state index contributed by atoms with van der Waals surface area (Å²) in [5, 5.41) is 2.59. The van der Waals surface area contributed by atoms with Crippen LogP contribution in [-0.2, 0) is 23.9 Å². The van der Waals surface area contributed by atoms with Crippen molar-refractivity contribution in [3.05, 3.63) is 56.4 Å². The Balaban J connectivity index is 2.00. The van der Waals surface area contributed by atoms with Gasteiger partial charge in [-0.2, -0.15) is 13.2 Å². The number of carbonyl (C=O) groups excluding carboxylic acids is 1. The number of hydrogen-bond acceptors (Lipinski definition) is 4. The largest absolute Gasteiger partial charge is 0.493 e. The van der Waals surface area contributed by atoms with E-state index in [1.165, 1.54) is 14.2 Å². The first-order valence-electron chi connectivity index (χ1n) is 8.10. The molecule has 6 nitrogen and oxygen atoms in total. The highest BCUT2D eigenvalue weighted by molar-refractivity contribution is 9.10. The lowest BCUT2D eigenvalue weighted by Gasteiger charge is -2.13. The summed E-state index contributed by atoms with van der Waals surface area (Å²) in [5.74, 6) is 0.506. The van der Waals surface area contributed by atoms with E-state index >= 15 is 0 Å². The third-order valence-electron chi connectivity index (χ3n) is 3.89. The minimum absolute atomic E-state index is 0.223. The minimum Gasteiger partial charge on any atom is -0.493 e. The van der Waals surface area contributed by atoms with Gasteiger partial charge in [0.1, 0.15) is 6.54 Å². The molecule has 0 fully saturated rings. The molecule has 0 radical (unpaired) electrons. The van der Waals surface area contributed by atoms with E-state index in [2.05, 4.69) is 21.2 Å². The number of pyridine rings is 1. The molecule has 0 atom stereocenters. The van der Waals surface area contributed by atoms with Crippen LogP contribution in [0.5, 0.6) is 11.5 Å². The van der Waals surface area contributed by atoms with Gasteiger partial charge in [-0.05, 0) is 30.2 Å². The fraction of sp³-hybridized carbons (Fsp3) is 0.333. The van der Waals surface area contributed by atoms with Crippen LogP contribution in [0.3, 0.4) is 0 Å². The van der Waals surface area contributed by atoms with Crippen LogP contribution in [0.1, 0.15) is 11.1 Å². The second-order valence-electron chi connectivity index (χ2n) is 5.78. The fourth-order valence-electron chi connectivity index (χ4n) is 2.46. The zero-order valence-corrected chi connectivity index (χ0v) is 16.7. The van der Waals surface area contributed by atoms with Gasteiger partial charge in [-0.15, -0.1) is 0 Å². The summed E-state index contributed by atoms with van der Waals surface area (Å²) in [6.45, 7) is -0.281. The topological polar surface area (TPSA) is 69.6 Å². The van der Waals surface area contributed by atoms with E-state index in [9.17, 15) is 22.8 Å². The van der Waals surface area contributed by atoms with Gasteiger partial charge in [-0.1, -0.05) is 15.9 Å². The number of nitrogens with one attached hydrogen (secondary N) is 1. The van der Waals surface area contributed by atoms with Crippen molar-refractivity contribution in [2.24, 2.45) is 0 Å². The van der Waals surface area contributed by atoms with Gasteiger partial charge >= 0.3 is 6.18 Å². The van der Waals surface area contributed by atoms with Gasteiger partial charge < -0.3 is 19.4 Å². The molecule has 2 rings (SSSR count). The zero-order chi connectivity index (χ0) is 20.9. The van der Waals surface area contributed by atoms with Crippen molar-refractivity contribution in [1.82, 2.24) is 9.88 Å². The van der Waals surface area contributed by atoms with Crippen LogP contribution < -0.4 is 20.3 Å². The molecule has 10 heteroatoms. The van der Waals surface area contributed by atoms with Crippen molar-refractivity contribution in [1.29, 1.82) is 0 Å². The summed E-state index contributed by atoms with van der Waals surface area (Å²) in [4.78, 5) is 23.7. The summed E-state index contributed by atoms with van der Waals surface area (Å²) in [6.07, 6.45) is -3.53. The Hall–Kier alpha value is -2.49. The number of nitrogens with zero attached hydrogens (tertiary/aromatic N) is 1. The third kappa shape index (κ3) is 5.51. The molecule has 0 saturated carbocycles. The number of ether oxygens (including phenoxy) is 2. The monoisotopic (exact) mass is 462 g/mol. The predicted molar refractivity (Wildman–Crippen MR) is 99.7 cm³/mol. The van der Waals surface area contributed by atoms with E-state index in [1.807, 2.05) is 0 Å². The fourth-order valence-corrected chi connectivity index (χ4v) is 2.98. The number of alkyl halides is 3. The molecular formula is C18H18BrF3N2O4. The number of methoxy groups -OCH3 is 2. The first-order chi connectivity index (χ1) is 13.2. The Morgan fingerprint density at radius 1 is 1.18 bits per heavy atom. The van der Waals surface area contributed by atoms with E-state index in [-0.39, 0.29) is 6.54 Å². The molecular weight excluding hydrogens is 445 g/mol. The van der Waals surface area contributed by atoms with Crippen molar-refractivity contribution in [2.75, 3.05) is 20.8 Å². The quantitative estimate of drug-likeness (QED) is 0.686. The molecule has 1 N–H and O–H groups in total. The molecule has 1 amide bonds. The number of hydrogen-bond donors (Lipinski definition) is 1. The predicted octanol–water partition coefficient (Wildman–Crippen LogP) is 3.01. The molecule has 0 unspecified atom stereocenters. The van der Waals surface area contributed by atoms with Crippen molar-refractivity contribution < 1.29 is 27.4 Å². The third-order valence-corrected chi connectivity index (χ3v) is 4.63. The highest BCUT2D eigenvalue weighted by Crippen LogP contribution is 2.33. The van der Waals surface area contributed by atoms with Gasteiger partial charge in [0.25, 0.3) is 5.56 Å². The highest BCUT2D eigenvalue weighted by atomic mass is 79.9. The lowest BCUT2D eigenvalue weighted by molar-refractivity contribution is -0.138. The smallest absolute Gasteiger partial charge is 0.417 e. The van der Waals surface area contributed by atoms with Crippen molar-refractivity contribution in [2.45, 2.75) is 19.1 Å². The molecule has 28 heavy (non-hydrogen) atoms. The normalized spacial score (nSPS) is 11.2. The molecule has 0 aliphatic rings. The summed E-state index contributed by atoms with van der Waals surface area (Å²) in [6, 6.07) is 4.97. The van der Waals surface area contributed by atoms with Gasteiger partial charge in [0.15, 0.2) is 11.5 Å². The molecule has 2 aromatic rings. The lowest BCUT2D eigenvalue weighted by Crippen LogP contribution is -2.33. The standard InChI is InChI=1S/C18H18BrF3N2O4/c1-27-14-7-11(13(19)8-15(14)28-2)5-6-23-16(25)10-24-9-12(18(20,21)22)3-4-17(24)26/h3-4,7-9H,5-6,10H2,1-2H3,(H,23,25). The Morgan fingerprint density at radius 3 is 2.43 bits per heavy atom. The molecule has 0 aliphatic heterocycles. The molecule has 1 aromatic carbocycles. The Morgan fingerprint density at radius 2 is 1.82 bits per heavy atom. The summed E-state index contributed by atoms with van der Waals surface area (Å²) < 4.78 is 50.1. The number of benzene rings is 1. The number of carbonyl (C=O) groups is 1. The average Bonchev–Trinajstić information content (AvgIpc) is 2.63. The Bertz CT molecular complexity index is 913. The van der Waals surface area contributed by atoms with Crippen LogP contribution in [0.25, 0.3) is 0 Å². The molecule has 152 valence electrons. The molecule has 0 spiro atoms. The molecule has 0 bridgehead atoms. The van der Waals surface area contributed by atoms with Gasteiger partial charge in [-0.3, -0.25) is 9.59 Å². The van der Waals surface area contributed by atoms with Crippen LogP contribution in [0.15, 0.2) is 39.7 Å². The number of aromatic nitrogens is 1. The highest BCUT2D eigenvalue weighted by Gasteiger charge is 2.31. The van der Waals surface area contributed by atoms with E-state index in [1.54, 1.807) is 12.1 Å². The van der Waals surface area contributed by atoms with Crippen molar-refractivity contribution >= 4 is 21.8 Å². The van der Waals surface area contributed by atoms with Crippen LogP contribution in [0.4, 0.5) is 13.2 Å². The van der Waals surface area contributed by atoms with Gasteiger partial charge in [-0.25, -0.2) is 0 Å². The van der Waals surface area contributed by atoms with Gasteiger partial charge in [0.2, 0.25) is 5.91 Å². The van der Waals surface area contributed by atoms with E-state index in [0.29, 0.717) is 30.2 Å². The Kier molecular flexibility index (Phi) is 7.11. The SMILES string of the molecule is COc1cc(Br)c(CCNC(=O)Cn2cc(C(F)(F)F)ccc2=O)cc1OC. The maximum Gasteiger partial charge on any atom is 0.417 e. The van der Waals surface area contributed by atoms with Gasteiger partial charge in [0.05, 0.1) is 19.8 Å². The maximum atomic E-state index is 12.7. The molecule has 0 aliphatic carbocycles. The molecule has 1 heterocycles. The maximum absolute atomic E-state index is 12.7. The number of amides is 1. The summed E-state index contributed by atoms with van der Waals surface area (Å²) >= 11 is 3.41. The zero-order valence-electron chi connectivity index (χ0n) is 15.1. The average molecular weight is 463 g/mol.